The number of hydrogen-bond donors (Lipinski definition) is 1. The number of allylic oxidation sites excluding steroid dienone is 7. The molecule has 0 saturated carbocycles. The van der Waals surface area contributed by atoms with Crippen LogP contribution in [-0.4, -0.2) is 34.2 Å². The summed E-state index contributed by atoms with van der Waals surface area (Å²) in [7, 11) is 0. The monoisotopic (exact) mass is 465 g/mol. The fourth-order valence-corrected chi connectivity index (χ4v) is 4.86. The van der Waals surface area contributed by atoms with Gasteiger partial charge in [0.1, 0.15) is 5.84 Å². The summed E-state index contributed by atoms with van der Waals surface area (Å²) >= 11 is 12.6. The van der Waals surface area contributed by atoms with Crippen molar-refractivity contribution >= 4 is 29.0 Å². The van der Waals surface area contributed by atoms with Crippen molar-refractivity contribution in [1.82, 2.24) is 4.90 Å². The van der Waals surface area contributed by atoms with Gasteiger partial charge in [0, 0.05) is 23.9 Å². The van der Waals surface area contributed by atoms with E-state index in [0.717, 1.165) is 35.8 Å². The molecular weight excluding hydrogens is 425 g/mol. The number of aliphatic imine (C=N–C) groups is 1. The molecule has 0 saturated heterocycles. The summed E-state index contributed by atoms with van der Waals surface area (Å²) in [5.74, 6) is 1.05. The molecule has 2 aliphatic heterocycles. The molecule has 2 N–H and O–H groups in total. The van der Waals surface area contributed by atoms with Crippen LogP contribution in [0, 0.1) is 5.92 Å². The van der Waals surface area contributed by atoms with E-state index in [1.54, 1.807) is 0 Å². The van der Waals surface area contributed by atoms with Crippen LogP contribution >= 0.6 is 23.2 Å². The van der Waals surface area contributed by atoms with Gasteiger partial charge in [-0.3, -0.25) is 4.99 Å². The minimum absolute atomic E-state index is 0.0448. The minimum atomic E-state index is -0.228. The van der Waals surface area contributed by atoms with E-state index in [1.807, 2.05) is 47.6 Å². The summed E-state index contributed by atoms with van der Waals surface area (Å²) < 4.78 is 0. The molecule has 0 bridgehead atoms. The van der Waals surface area contributed by atoms with Crippen LogP contribution in [0.4, 0.5) is 0 Å². The van der Waals surface area contributed by atoms with Crippen LogP contribution in [0.15, 0.2) is 63.8 Å². The normalized spacial score (nSPS) is 30.6. The van der Waals surface area contributed by atoms with Crippen molar-refractivity contribution < 1.29 is 0 Å². The number of hydrogen-bond acceptors (Lipinski definition) is 3. The lowest BCUT2D eigenvalue weighted by molar-refractivity contribution is 0.212. The van der Waals surface area contributed by atoms with Crippen molar-refractivity contribution in [2.45, 2.75) is 84.7 Å². The first-order valence-electron chi connectivity index (χ1n) is 11.8. The van der Waals surface area contributed by atoms with E-state index < -0.39 is 0 Å². The average Bonchev–Trinajstić information content (AvgIpc) is 3.26. The summed E-state index contributed by atoms with van der Waals surface area (Å²) in [6.07, 6.45) is 17.8. The number of amidine groups is 1. The van der Waals surface area contributed by atoms with E-state index in [-0.39, 0.29) is 17.0 Å². The van der Waals surface area contributed by atoms with Gasteiger partial charge < -0.3 is 10.6 Å². The van der Waals surface area contributed by atoms with E-state index in [0.29, 0.717) is 12.3 Å². The molecule has 0 amide bonds. The molecule has 4 aliphatic rings. The van der Waals surface area contributed by atoms with Crippen LogP contribution in [0.5, 0.6) is 0 Å². The summed E-state index contributed by atoms with van der Waals surface area (Å²) in [5.41, 5.74) is 8.34. The Morgan fingerprint density at radius 2 is 1.71 bits per heavy atom. The first kappa shape index (κ1) is 27.6. The SMILES string of the molecule is CC.CC.CC.C[C@]1([C@H]2C=C(C3=C[C@H](Cl)CC(Cl)=C3)C=CC2)CN2C=CC[C@@H]2C(N)=N1. The van der Waals surface area contributed by atoms with Crippen molar-refractivity contribution in [2.24, 2.45) is 16.6 Å². The largest absolute Gasteiger partial charge is 0.386 e. The molecule has 0 radical (unpaired) electrons. The standard InChI is InChI=1S/C20H23Cl2N3.3C2H6/c1-20(12-25-7-3-6-18(25)19(23)24-20)15-5-2-4-13(8-15)14-9-16(21)11-17(22)10-14;3*1-2/h2-4,7-10,15-16,18H,5-6,11-12H2,1H3,(H2,23,24);3*1-2H3/t15-,16+,18-,20-;;;/m1.../s1. The highest BCUT2D eigenvalue weighted by Gasteiger charge is 2.41. The molecule has 2 aliphatic carbocycles. The second-order valence-electron chi connectivity index (χ2n) is 7.50. The summed E-state index contributed by atoms with van der Waals surface area (Å²) in [5, 5.41) is 0.765. The smallest absolute Gasteiger partial charge is 0.118 e. The number of alkyl halides is 1. The van der Waals surface area contributed by atoms with E-state index in [2.05, 4.69) is 48.4 Å². The van der Waals surface area contributed by atoms with Gasteiger partial charge in [0.05, 0.1) is 17.0 Å². The lowest BCUT2D eigenvalue weighted by Crippen LogP contribution is -2.54. The second kappa shape index (κ2) is 13.2. The number of rotatable bonds is 2. The third kappa shape index (κ3) is 6.76. The molecule has 0 aromatic heterocycles. The fourth-order valence-electron chi connectivity index (χ4n) is 4.20. The van der Waals surface area contributed by atoms with E-state index in [9.17, 15) is 0 Å². The zero-order valence-electron chi connectivity index (χ0n) is 20.3. The van der Waals surface area contributed by atoms with Crippen LogP contribution in [0.1, 0.15) is 67.7 Å². The maximum Gasteiger partial charge on any atom is 0.118 e. The van der Waals surface area contributed by atoms with Gasteiger partial charge in [0.2, 0.25) is 0 Å². The summed E-state index contributed by atoms with van der Waals surface area (Å²) in [4.78, 5) is 7.27. The summed E-state index contributed by atoms with van der Waals surface area (Å²) in [6, 6.07) is 0.246. The Morgan fingerprint density at radius 1 is 1.03 bits per heavy atom. The topological polar surface area (TPSA) is 41.6 Å². The number of nitrogens with two attached hydrogens (primary N) is 1. The maximum atomic E-state index is 6.31. The number of fused-ring (bicyclic) bond motifs is 1. The van der Waals surface area contributed by atoms with Crippen LogP contribution in [0.25, 0.3) is 0 Å². The van der Waals surface area contributed by atoms with Crippen LogP contribution in [-0.2, 0) is 0 Å². The molecule has 0 unspecified atom stereocenters. The Balaban J connectivity index is 0.000000739. The molecule has 2 heterocycles. The molecule has 5 heteroatoms. The van der Waals surface area contributed by atoms with Crippen molar-refractivity contribution in [2.75, 3.05) is 6.54 Å². The molecule has 0 aromatic rings. The van der Waals surface area contributed by atoms with Gasteiger partial charge in [0.25, 0.3) is 0 Å². The molecule has 174 valence electrons. The molecule has 4 rings (SSSR count). The minimum Gasteiger partial charge on any atom is -0.386 e. The highest BCUT2D eigenvalue weighted by Crippen LogP contribution is 2.38. The van der Waals surface area contributed by atoms with Crippen molar-refractivity contribution in [1.29, 1.82) is 0 Å². The lowest BCUT2D eigenvalue weighted by Gasteiger charge is -2.43. The zero-order chi connectivity index (χ0) is 23.6. The predicted octanol–water partition coefficient (Wildman–Crippen LogP) is 7.35. The van der Waals surface area contributed by atoms with Gasteiger partial charge in [-0.25, -0.2) is 0 Å². The molecule has 0 fully saturated rings. The van der Waals surface area contributed by atoms with Crippen LogP contribution < -0.4 is 5.73 Å². The number of nitrogens with zero attached hydrogens (tertiary/aromatic N) is 2. The maximum absolute atomic E-state index is 6.31. The van der Waals surface area contributed by atoms with Crippen molar-refractivity contribution in [3.63, 3.8) is 0 Å². The Labute approximate surface area is 200 Å². The Hall–Kier alpha value is -1.45. The third-order valence-electron chi connectivity index (χ3n) is 5.55. The Morgan fingerprint density at radius 3 is 2.35 bits per heavy atom. The van der Waals surface area contributed by atoms with Gasteiger partial charge in [-0.15, -0.1) is 11.6 Å². The highest BCUT2D eigenvalue weighted by atomic mass is 35.5. The quantitative estimate of drug-likeness (QED) is 0.433. The van der Waals surface area contributed by atoms with Crippen LogP contribution in [0.2, 0.25) is 0 Å². The highest BCUT2D eigenvalue weighted by molar-refractivity contribution is 6.31. The van der Waals surface area contributed by atoms with Gasteiger partial charge in [-0.1, -0.05) is 83.5 Å². The molecule has 0 aromatic carbocycles. The van der Waals surface area contributed by atoms with Gasteiger partial charge in [0.15, 0.2) is 0 Å². The van der Waals surface area contributed by atoms with Crippen LogP contribution in [0.3, 0.4) is 0 Å². The van der Waals surface area contributed by atoms with Crippen molar-refractivity contribution in [3.8, 4) is 0 Å². The van der Waals surface area contributed by atoms with E-state index >= 15 is 0 Å². The lowest BCUT2D eigenvalue weighted by atomic mass is 9.77. The van der Waals surface area contributed by atoms with E-state index in [4.69, 9.17) is 33.9 Å². The molecule has 3 nitrogen and oxygen atoms in total. The third-order valence-corrected chi connectivity index (χ3v) is 6.09. The average molecular weight is 467 g/mol. The van der Waals surface area contributed by atoms with Gasteiger partial charge in [-0.05, 0) is 43.2 Å². The van der Waals surface area contributed by atoms with Crippen molar-refractivity contribution in [3.05, 3.63) is 58.8 Å². The second-order valence-corrected chi connectivity index (χ2v) is 8.55. The molecule has 4 atom stereocenters. The number of halogens is 2. The van der Waals surface area contributed by atoms with Gasteiger partial charge in [-0.2, -0.15) is 0 Å². The Kier molecular flexibility index (Phi) is 11.7. The molecule has 31 heavy (non-hydrogen) atoms. The molecule has 0 spiro atoms. The predicted molar refractivity (Wildman–Crippen MR) is 140 cm³/mol. The van der Waals surface area contributed by atoms with Gasteiger partial charge >= 0.3 is 0 Å². The zero-order valence-corrected chi connectivity index (χ0v) is 21.8. The first-order chi connectivity index (χ1) is 14.9. The Bertz CT molecular complexity index is 761. The first-order valence-corrected chi connectivity index (χ1v) is 12.6. The molecular formula is C26H41Cl2N3. The fraction of sp³-hybridized carbons (Fsp3) is 0.577. The summed E-state index contributed by atoms with van der Waals surface area (Å²) in [6.45, 7) is 15.1. The van der Waals surface area contributed by atoms with E-state index in [1.165, 1.54) is 5.57 Å².